The van der Waals surface area contributed by atoms with Crippen LogP contribution in [0.5, 0.6) is 0 Å². The molecular weight excluding hydrogens is 713 g/mol. The third-order valence-corrected chi connectivity index (χ3v) is 11.4. The number of aromatic nitrogens is 3. The first-order valence-electron chi connectivity index (χ1n) is 15.3. The summed E-state index contributed by atoms with van der Waals surface area (Å²) in [7, 11) is -7.32. The molecule has 1 fully saturated rings. The van der Waals surface area contributed by atoms with Gasteiger partial charge in [0.05, 0.1) is 35.0 Å². The van der Waals surface area contributed by atoms with Crippen LogP contribution in [0.3, 0.4) is 0 Å². The maximum absolute atomic E-state index is 13.1. The van der Waals surface area contributed by atoms with Crippen molar-refractivity contribution in [2.75, 3.05) is 54.9 Å². The van der Waals surface area contributed by atoms with E-state index in [1.54, 1.807) is 36.7 Å². The number of carbonyl (C=O) groups excluding carboxylic acids is 1. The van der Waals surface area contributed by atoms with Crippen LogP contribution in [-0.4, -0.2) is 77.9 Å². The molecule has 0 bridgehead atoms. The lowest BCUT2D eigenvalue weighted by molar-refractivity contribution is 0.103. The van der Waals surface area contributed by atoms with E-state index in [9.17, 15) is 17.8 Å². The zero-order valence-electron chi connectivity index (χ0n) is 27.7. The number of halogens is 1. The Kier molecular flexibility index (Phi) is 13.3. The average Bonchev–Trinajstić information content (AvgIpc) is 3.51. The highest BCUT2D eigenvalue weighted by molar-refractivity contribution is 7.85. The predicted octanol–water partition coefficient (Wildman–Crippen LogP) is 6.74. The molecule has 0 saturated carbocycles. The van der Waals surface area contributed by atoms with E-state index < -0.39 is 17.9 Å². The van der Waals surface area contributed by atoms with Crippen molar-refractivity contribution in [2.45, 2.75) is 39.5 Å². The summed E-state index contributed by atoms with van der Waals surface area (Å²) in [5.41, 5.74) is 2.41. The van der Waals surface area contributed by atoms with Gasteiger partial charge in [-0.1, -0.05) is 52.8 Å². The average molecular weight is 752 g/mol. The van der Waals surface area contributed by atoms with Gasteiger partial charge >= 0.3 is 7.75 Å². The number of rotatable bonds is 11. The number of nitrogens with zero attached hydrogens (tertiary/aromatic N) is 5. The van der Waals surface area contributed by atoms with Crippen LogP contribution in [0.4, 0.5) is 22.5 Å². The van der Waals surface area contributed by atoms with E-state index >= 15 is 0 Å². The van der Waals surface area contributed by atoms with Gasteiger partial charge in [-0.25, -0.2) is 24.2 Å². The van der Waals surface area contributed by atoms with Crippen LogP contribution in [0, 0.1) is 20.8 Å². The standard InChI is InChI=1S/C24H31ClN7O4PS.C7H8O3S/c1-5-35-37(34,36-6-2)32-12-10-31(11-13-32)21-14-20(27-17(4)28-21)29-24-26-15-19(38-24)23(33)30-22-16(3)8-7-9-18(22)25;1-6-2-4-7(5-3-6)11(8,9)10/h7-9,14-15H,5-6,10-13H2,1-4H3,(H,30,33)(H,26,27,28,29);2-5H,1H3,(H,8,9,10). The maximum Gasteiger partial charge on any atom is 0.408 e. The lowest BCUT2D eigenvalue weighted by Crippen LogP contribution is -2.45. The second-order valence-electron chi connectivity index (χ2n) is 10.7. The van der Waals surface area contributed by atoms with Crippen molar-refractivity contribution >= 4 is 69.2 Å². The van der Waals surface area contributed by atoms with Crippen LogP contribution in [-0.2, 0) is 23.7 Å². The van der Waals surface area contributed by atoms with Crippen molar-refractivity contribution in [3.05, 3.63) is 81.6 Å². The molecule has 2 aromatic carbocycles. The van der Waals surface area contributed by atoms with Crippen molar-refractivity contribution in [1.29, 1.82) is 0 Å². The van der Waals surface area contributed by atoms with Crippen molar-refractivity contribution in [3.63, 3.8) is 0 Å². The molecule has 5 rings (SSSR count). The summed E-state index contributed by atoms with van der Waals surface area (Å²) < 4.78 is 55.4. The van der Waals surface area contributed by atoms with E-state index in [0.29, 0.717) is 71.8 Å². The molecule has 4 aromatic rings. The normalized spacial score (nSPS) is 13.8. The summed E-state index contributed by atoms with van der Waals surface area (Å²) in [6.45, 7) is 12.0. The van der Waals surface area contributed by atoms with Crippen molar-refractivity contribution < 1.29 is 31.4 Å². The van der Waals surface area contributed by atoms with Gasteiger partial charge in [-0.3, -0.25) is 18.4 Å². The maximum atomic E-state index is 13.1. The number of hydrogen-bond acceptors (Lipinski definition) is 12. The second kappa shape index (κ2) is 17.0. The van der Waals surface area contributed by atoms with E-state index in [1.165, 1.54) is 29.7 Å². The Morgan fingerprint density at radius 2 is 1.67 bits per heavy atom. The summed E-state index contributed by atoms with van der Waals surface area (Å²) in [5.74, 6) is 1.60. The molecule has 1 aliphatic heterocycles. The number of para-hydroxylation sites is 1. The van der Waals surface area contributed by atoms with E-state index in [-0.39, 0.29) is 10.8 Å². The molecule has 264 valence electrons. The number of benzene rings is 2. The van der Waals surface area contributed by atoms with Gasteiger partial charge in [0.1, 0.15) is 22.3 Å². The quantitative estimate of drug-likeness (QED) is 0.109. The molecule has 0 unspecified atom stereocenters. The van der Waals surface area contributed by atoms with E-state index in [4.69, 9.17) is 25.2 Å². The highest BCUT2D eigenvalue weighted by Gasteiger charge is 2.35. The van der Waals surface area contributed by atoms with Crippen molar-refractivity contribution in [2.24, 2.45) is 0 Å². The van der Waals surface area contributed by atoms with Gasteiger partial charge in [-0.15, -0.1) is 0 Å². The van der Waals surface area contributed by atoms with E-state index in [0.717, 1.165) is 16.9 Å². The third-order valence-electron chi connectivity index (χ3n) is 7.08. The zero-order valence-corrected chi connectivity index (χ0v) is 31.0. The first-order chi connectivity index (χ1) is 23.2. The number of anilines is 4. The summed E-state index contributed by atoms with van der Waals surface area (Å²) in [6, 6.07) is 13.3. The van der Waals surface area contributed by atoms with Gasteiger partial charge < -0.3 is 15.5 Å². The number of nitrogens with one attached hydrogen (secondary N) is 2. The Morgan fingerprint density at radius 3 is 2.27 bits per heavy atom. The minimum absolute atomic E-state index is 0.0666. The van der Waals surface area contributed by atoms with Crippen LogP contribution in [0.1, 0.15) is 40.5 Å². The van der Waals surface area contributed by atoms with Crippen LogP contribution in [0.15, 0.2) is 59.6 Å². The molecule has 0 spiro atoms. The van der Waals surface area contributed by atoms with Crippen LogP contribution in [0.25, 0.3) is 0 Å². The number of aryl methyl sites for hydroxylation is 3. The van der Waals surface area contributed by atoms with Gasteiger partial charge in [0.2, 0.25) is 0 Å². The number of amides is 1. The van der Waals surface area contributed by atoms with E-state index in [1.807, 2.05) is 39.0 Å². The summed E-state index contributed by atoms with van der Waals surface area (Å²) in [6.07, 6.45) is 1.51. The van der Waals surface area contributed by atoms with Gasteiger partial charge in [0.15, 0.2) is 5.13 Å². The van der Waals surface area contributed by atoms with Crippen LogP contribution in [0.2, 0.25) is 5.02 Å². The fourth-order valence-electron chi connectivity index (χ4n) is 4.70. The predicted molar refractivity (Wildman–Crippen MR) is 192 cm³/mol. The topological polar surface area (TPSA) is 176 Å². The van der Waals surface area contributed by atoms with Crippen molar-refractivity contribution in [3.8, 4) is 0 Å². The number of piperazine rings is 1. The Balaban J connectivity index is 0.000000418. The van der Waals surface area contributed by atoms with Crippen LogP contribution >= 0.6 is 30.7 Å². The first-order valence-corrected chi connectivity index (χ1v) is 19.4. The summed E-state index contributed by atoms with van der Waals surface area (Å²) in [5, 5.41) is 7.04. The molecule has 0 atom stereocenters. The van der Waals surface area contributed by atoms with Crippen molar-refractivity contribution in [1.82, 2.24) is 19.6 Å². The highest BCUT2D eigenvalue weighted by Crippen LogP contribution is 2.52. The SMILES string of the molecule is CCOP(=O)(OCC)N1CCN(c2cc(Nc3ncc(C(=O)Nc4c(C)cccc4Cl)s3)nc(C)n2)CC1.Cc1ccc(S(=O)(=O)O)cc1. The summed E-state index contributed by atoms with van der Waals surface area (Å²) in [4.78, 5) is 28.6. The highest BCUT2D eigenvalue weighted by atomic mass is 35.5. The molecule has 14 nitrogen and oxygen atoms in total. The molecule has 1 amide bonds. The molecule has 1 aliphatic rings. The Morgan fingerprint density at radius 1 is 1.02 bits per heavy atom. The monoisotopic (exact) mass is 751 g/mol. The smallest absolute Gasteiger partial charge is 0.354 e. The molecule has 2 aromatic heterocycles. The molecule has 49 heavy (non-hydrogen) atoms. The molecule has 3 heterocycles. The fourth-order valence-corrected chi connectivity index (χ4v) is 7.89. The molecular formula is C31H39ClN7O7PS2. The van der Waals surface area contributed by atoms with Crippen LogP contribution < -0.4 is 15.5 Å². The van der Waals surface area contributed by atoms with Gasteiger partial charge in [-0.05, 0) is 58.4 Å². The molecule has 0 aliphatic carbocycles. The Bertz CT molecular complexity index is 1870. The van der Waals surface area contributed by atoms with E-state index in [2.05, 4.69) is 30.5 Å². The largest absolute Gasteiger partial charge is 0.408 e. The van der Waals surface area contributed by atoms with Gasteiger partial charge in [0.25, 0.3) is 16.0 Å². The zero-order chi connectivity index (χ0) is 35.8. The van der Waals surface area contributed by atoms with Gasteiger partial charge in [-0.2, -0.15) is 8.42 Å². The molecule has 18 heteroatoms. The second-order valence-corrected chi connectivity index (χ2v) is 15.6. The summed E-state index contributed by atoms with van der Waals surface area (Å²) >= 11 is 7.45. The Hall–Kier alpha value is -3.47. The minimum Gasteiger partial charge on any atom is -0.354 e. The molecule has 3 N–H and O–H groups in total. The number of thiazole rings is 1. The Labute approximate surface area is 295 Å². The third kappa shape index (κ3) is 10.5. The minimum atomic E-state index is -4.02. The van der Waals surface area contributed by atoms with Gasteiger partial charge in [0, 0.05) is 32.2 Å². The lowest BCUT2D eigenvalue weighted by atomic mass is 10.2. The molecule has 0 radical (unpaired) electrons. The first kappa shape index (κ1) is 38.3. The fraction of sp³-hybridized carbons (Fsp3) is 0.355. The molecule has 1 saturated heterocycles. The lowest BCUT2D eigenvalue weighted by Gasteiger charge is -2.37. The number of hydrogen-bond donors (Lipinski definition) is 3. The number of carbonyl (C=O) groups is 1.